The van der Waals surface area contributed by atoms with Crippen LogP contribution in [0.15, 0.2) is 18.2 Å². The molecule has 94 valence electrons. The van der Waals surface area contributed by atoms with E-state index in [0.717, 1.165) is 24.1 Å². The molecule has 1 aromatic carbocycles. The third kappa shape index (κ3) is 4.57. The summed E-state index contributed by atoms with van der Waals surface area (Å²) in [6.45, 7) is 6.10. The van der Waals surface area contributed by atoms with E-state index in [4.69, 9.17) is 5.73 Å². The quantitative estimate of drug-likeness (QED) is 0.823. The number of carbonyl (C=O) groups is 1. The van der Waals surface area contributed by atoms with Gasteiger partial charge in [-0.05, 0) is 31.9 Å². The van der Waals surface area contributed by atoms with Crippen LogP contribution < -0.4 is 11.1 Å². The summed E-state index contributed by atoms with van der Waals surface area (Å²) in [5, 5.41) is 2.91. The Morgan fingerprint density at radius 1 is 1.41 bits per heavy atom. The first-order valence-electron chi connectivity index (χ1n) is 6.15. The van der Waals surface area contributed by atoms with Crippen molar-refractivity contribution in [3.8, 4) is 0 Å². The maximum absolute atomic E-state index is 11.7. The van der Waals surface area contributed by atoms with Crippen LogP contribution in [0.2, 0.25) is 0 Å². The van der Waals surface area contributed by atoms with E-state index in [1.807, 2.05) is 26.0 Å². The number of amides is 1. The minimum atomic E-state index is -0.0363. The molecule has 1 unspecified atom stereocenters. The molecular formula is C14H22N2O. The normalized spacial score (nSPS) is 12.2. The lowest BCUT2D eigenvalue weighted by molar-refractivity contribution is -0.116. The molecule has 0 spiro atoms. The van der Waals surface area contributed by atoms with Gasteiger partial charge in [0.05, 0.1) is 0 Å². The Morgan fingerprint density at radius 2 is 2.12 bits per heavy atom. The highest BCUT2D eigenvalue weighted by atomic mass is 16.1. The van der Waals surface area contributed by atoms with E-state index in [9.17, 15) is 4.79 Å². The summed E-state index contributed by atoms with van der Waals surface area (Å²) in [6.07, 6.45) is 2.29. The van der Waals surface area contributed by atoms with Gasteiger partial charge in [-0.1, -0.05) is 31.0 Å². The molecule has 0 heterocycles. The van der Waals surface area contributed by atoms with Gasteiger partial charge in [0.2, 0.25) is 5.91 Å². The molecule has 0 fully saturated rings. The van der Waals surface area contributed by atoms with Crippen molar-refractivity contribution in [3.63, 3.8) is 0 Å². The number of anilines is 1. The van der Waals surface area contributed by atoms with Gasteiger partial charge in [-0.25, -0.2) is 0 Å². The Bertz CT molecular complexity index is 388. The average Bonchev–Trinajstić information content (AvgIpc) is 2.22. The van der Waals surface area contributed by atoms with Crippen molar-refractivity contribution in [2.24, 2.45) is 5.73 Å². The molecule has 1 atom stereocenters. The Hall–Kier alpha value is -1.35. The highest BCUT2D eigenvalue weighted by molar-refractivity contribution is 5.91. The number of nitrogens with two attached hydrogens (primary N) is 1. The minimum absolute atomic E-state index is 0.00194. The number of hydrogen-bond donors (Lipinski definition) is 2. The van der Waals surface area contributed by atoms with Crippen LogP contribution in [0.25, 0.3) is 0 Å². The van der Waals surface area contributed by atoms with Gasteiger partial charge in [0.25, 0.3) is 0 Å². The number of benzene rings is 1. The topological polar surface area (TPSA) is 55.1 Å². The van der Waals surface area contributed by atoms with Gasteiger partial charge in [0.1, 0.15) is 0 Å². The van der Waals surface area contributed by atoms with Gasteiger partial charge in [0, 0.05) is 18.2 Å². The molecule has 3 nitrogen and oxygen atoms in total. The van der Waals surface area contributed by atoms with E-state index in [0.29, 0.717) is 6.42 Å². The molecule has 1 aromatic rings. The molecule has 3 heteroatoms. The van der Waals surface area contributed by atoms with E-state index in [1.54, 1.807) is 0 Å². The van der Waals surface area contributed by atoms with E-state index in [-0.39, 0.29) is 11.9 Å². The van der Waals surface area contributed by atoms with Crippen LogP contribution in [0.4, 0.5) is 5.69 Å². The van der Waals surface area contributed by atoms with Crippen LogP contribution in [0, 0.1) is 13.8 Å². The molecule has 0 aliphatic heterocycles. The van der Waals surface area contributed by atoms with Crippen LogP contribution in [0.3, 0.4) is 0 Å². The van der Waals surface area contributed by atoms with E-state index < -0.39 is 0 Å². The van der Waals surface area contributed by atoms with Crippen molar-refractivity contribution in [1.82, 2.24) is 0 Å². The zero-order valence-corrected chi connectivity index (χ0v) is 10.9. The Labute approximate surface area is 103 Å². The first-order valence-corrected chi connectivity index (χ1v) is 6.15. The van der Waals surface area contributed by atoms with Gasteiger partial charge in [-0.3, -0.25) is 4.79 Å². The molecular weight excluding hydrogens is 212 g/mol. The molecule has 0 radical (unpaired) electrons. The smallest absolute Gasteiger partial charge is 0.225 e. The monoisotopic (exact) mass is 234 g/mol. The Balaban J connectivity index is 2.56. The van der Waals surface area contributed by atoms with Gasteiger partial charge >= 0.3 is 0 Å². The van der Waals surface area contributed by atoms with Crippen molar-refractivity contribution >= 4 is 11.6 Å². The maximum atomic E-state index is 11.7. The third-order valence-corrected chi connectivity index (χ3v) is 2.76. The van der Waals surface area contributed by atoms with Gasteiger partial charge in [-0.2, -0.15) is 0 Å². The number of carbonyl (C=O) groups excluding carboxylic acids is 1. The second-order valence-electron chi connectivity index (χ2n) is 4.62. The molecule has 1 rings (SSSR count). The molecule has 1 amide bonds. The van der Waals surface area contributed by atoms with Crippen LogP contribution in [0.1, 0.15) is 37.3 Å². The first-order chi connectivity index (χ1) is 8.02. The third-order valence-electron chi connectivity index (χ3n) is 2.76. The molecule has 3 N–H and O–H groups in total. The van der Waals surface area contributed by atoms with Crippen molar-refractivity contribution in [3.05, 3.63) is 29.3 Å². The average molecular weight is 234 g/mol. The van der Waals surface area contributed by atoms with Crippen molar-refractivity contribution in [1.29, 1.82) is 0 Å². The standard InChI is InChI=1S/C14H22N2O/c1-4-5-12(15)9-14(17)16-13-7-6-10(2)8-11(13)3/h6-8,12H,4-5,9,15H2,1-3H3,(H,16,17). The number of aryl methyl sites for hydroxylation is 2. The second-order valence-corrected chi connectivity index (χ2v) is 4.62. The van der Waals surface area contributed by atoms with Crippen molar-refractivity contribution < 1.29 is 4.79 Å². The lowest BCUT2D eigenvalue weighted by atomic mass is 10.1. The number of hydrogen-bond acceptors (Lipinski definition) is 2. The fourth-order valence-electron chi connectivity index (χ4n) is 1.87. The fraction of sp³-hybridized carbons (Fsp3) is 0.500. The Morgan fingerprint density at radius 3 is 2.71 bits per heavy atom. The SMILES string of the molecule is CCCC(N)CC(=O)Nc1ccc(C)cc1C. The molecule has 0 aliphatic rings. The van der Waals surface area contributed by atoms with Crippen LogP contribution in [-0.4, -0.2) is 11.9 Å². The minimum Gasteiger partial charge on any atom is -0.327 e. The maximum Gasteiger partial charge on any atom is 0.225 e. The summed E-state index contributed by atoms with van der Waals surface area (Å²) < 4.78 is 0. The molecule has 0 aliphatic carbocycles. The predicted octanol–water partition coefficient (Wildman–Crippen LogP) is 2.76. The molecule has 0 saturated carbocycles. The van der Waals surface area contributed by atoms with E-state index >= 15 is 0 Å². The summed E-state index contributed by atoms with van der Waals surface area (Å²) in [5.74, 6) is -0.00194. The summed E-state index contributed by atoms with van der Waals surface area (Å²) >= 11 is 0. The second kappa shape index (κ2) is 6.40. The summed E-state index contributed by atoms with van der Waals surface area (Å²) in [6, 6.07) is 5.95. The van der Waals surface area contributed by atoms with Gasteiger partial charge < -0.3 is 11.1 Å². The number of nitrogens with one attached hydrogen (secondary N) is 1. The molecule has 0 saturated heterocycles. The van der Waals surface area contributed by atoms with Crippen LogP contribution in [-0.2, 0) is 4.79 Å². The summed E-state index contributed by atoms with van der Waals surface area (Å²) in [7, 11) is 0. The summed E-state index contributed by atoms with van der Waals surface area (Å²) in [4.78, 5) is 11.7. The van der Waals surface area contributed by atoms with Crippen molar-refractivity contribution in [2.45, 2.75) is 46.1 Å². The van der Waals surface area contributed by atoms with E-state index in [2.05, 4.69) is 18.3 Å². The van der Waals surface area contributed by atoms with Gasteiger partial charge in [0.15, 0.2) is 0 Å². The highest BCUT2D eigenvalue weighted by Gasteiger charge is 2.09. The fourth-order valence-corrected chi connectivity index (χ4v) is 1.87. The molecule has 0 bridgehead atoms. The number of rotatable bonds is 5. The van der Waals surface area contributed by atoms with Gasteiger partial charge in [-0.15, -0.1) is 0 Å². The molecule has 0 aromatic heterocycles. The zero-order valence-electron chi connectivity index (χ0n) is 10.9. The molecule has 17 heavy (non-hydrogen) atoms. The summed E-state index contributed by atoms with van der Waals surface area (Å²) in [5.41, 5.74) is 9.00. The lowest BCUT2D eigenvalue weighted by Gasteiger charge is -2.12. The van der Waals surface area contributed by atoms with E-state index in [1.165, 1.54) is 5.56 Å². The Kier molecular flexibility index (Phi) is 5.16. The first kappa shape index (κ1) is 13.7. The highest BCUT2D eigenvalue weighted by Crippen LogP contribution is 2.16. The lowest BCUT2D eigenvalue weighted by Crippen LogP contribution is -2.27. The predicted molar refractivity (Wildman–Crippen MR) is 72.0 cm³/mol. The van der Waals surface area contributed by atoms with Crippen LogP contribution >= 0.6 is 0 Å². The van der Waals surface area contributed by atoms with Crippen LogP contribution in [0.5, 0.6) is 0 Å². The zero-order chi connectivity index (χ0) is 12.8. The van der Waals surface area contributed by atoms with Crippen molar-refractivity contribution in [2.75, 3.05) is 5.32 Å². The largest absolute Gasteiger partial charge is 0.327 e.